The summed E-state index contributed by atoms with van der Waals surface area (Å²) in [4.78, 5) is 0. The highest BCUT2D eigenvalue weighted by Gasteiger charge is 2.04. The van der Waals surface area contributed by atoms with Crippen molar-refractivity contribution in [2.45, 2.75) is 19.4 Å². The first-order valence-corrected chi connectivity index (χ1v) is 5.27. The Kier molecular flexibility index (Phi) is 3.10. The molecule has 1 heterocycles. The maximum atomic E-state index is 9.17. The van der Waals surface area contributed by atoms with Gasteiger partial charge in [0.25, 0.3) is 0 Å². The molecule has 16 heavy (non-hydrogen) atoms. The summed E-state index contributed by atoms with van der Waals surface area (Å²) < 4.78 is 0. The first-order valence-electron chi connectivity index (χ1n) is 5.27. The number of anilines is 1. The summed E-state index contributed by atoms with van der Waals surface area (Å²) in [5.74, 6) is 0.305. The van der Waals surface area contributed by atoms with E-state index < -0.39 is 0 Å². The van der Waals surface area contributed by atoms with Crippen LogP contribution in [0.3, 0.4) is 0 Å². The zero-order valence-corrected chi connectivity index (χ0v) is 9.14. The Morgan fingerprint density at radius 3 is 2.75 bits per heavy atom. The largest absolute Gasteiger partial charge is 0.508 e. The lowest BCUT2D eigenvalue weighted by Gasteiger charge is -2.13. The molecule has 3 N–H and O–H groups in total. The summed E-state index contributed by atoms with van der Waals surface area (Å²) in [5, 5.41) is 19.1. The fourth-order valence-corrected chi connectivity index (χ4v) is 1.65. The van der Waals surface area contributed by atoms with Crippen LogP contribution in [-0.4, -0.2) is 21.3 Å². The summed E-state index contributed by atoms with van der Waals surface area (Å²) in [6, 6.07) is 7.60. The molecule has 4 heteroatoms. The van der Waals surface area contributed by atoms with Crippen molar-refractivity contribution in [3.05, 3.63) is 42.2 Å². The molecule has 0 amide bonds. The maximum absolute atomic E-state index is 9.17. The molecule has 0 aliphatic rings. The van der Waals surface area contributed by atoms with Gasteiger partial charge in [0.15, 0.2) is 0 Å². The van der Waals surface area contributed by atoms with Gasteiger partial charge in [0.05, 0.1) is 11.9 Å². The molecule has 0 aliphatic carbocycles. The van der Waals surface area contributed by atoms with E-state index in [4.69, 9.17) is 0 Å². The monoisotopic (exact) mass is 217 g/mol. The van der Waals surface area contributed by atoms with Crippen LogP contribution < -0.4 is 5.32 Å². The zero-order valence-electron chi connectivity index (χ0n) is 9.14. The number of aromatic hydroxyl groups is 1. The van der Waals surface area contributed by atoms with Crippen molar-refractivity contribution in [1.82, 2.24) is 10.2 Å². The summed E-state index contributed by atoms with van der Waals surface area (Å²) in [7, 11) is 0. The highest BCUT2D eigenvalue weighted by molar-refractivity contribution is 5.39. The Labute approximate surface area is 94.3 Å². The Bertz CT molecular complexity index is 422. The first-order chi connectivity index (χ1) is 7.74. The smallest absolute Gasteiger partial charge is 0.115 e. The van der Waals surface area contributed by atoms with Gasteiger partial charge in [0, 0.05) is 12.2 Å². The fraction of sp³-hybridized carbons (Fsp3) is 0.250. The minimum atomic E-state index is 0.305. The molecule has 0 saturated carbocycles. The molecule has 1 aromatic carbocycles. The topological polar surface area (TPSA) is 60.9 Å². The van der Waals surface area contributed by atoms with Crippen LogP contribution >= 0.6 is 0 Å². The number of hydrogen-bond acceptors (Lipinski definition) is 3. The van der Waals surface area contributed by atoms with Gasteiger partial charge in [-0.3, -0.25) is 5.10 Å². The lowest BCUT2D eigenvalue weighted by molar-refractivity contribution is 0.475. The van der Waals surface area contributed by atoms with E-state index in [1.165, 1.54) is 5.56 Å². The number of hydrogen-bond donors (Lipinski definition) is 3. The second kappa shape index (κ2) is 4.70. The number of nitrogens with zero attached hydrogens (tertiary/aromatic N) is 1. The van der Waals surface area contributed by atoms with Gasteiger partial charge in [0.1, 0.15) is 5.75 Å². The third-order valence-corrected chi connectivity index (χ3v) is 2.39. The van der Waals surface area contributed by atoms with E-state index in [0.29, 0.717) is 11.8 Å². The van der Waals surface area contributed by atoms with Crippen LogP contribution in [0.2, 0.25) is 0 Å². The second-order valence-electron chi connectivity index (χ2n) is 3.90. The van der Waals surface area contributed by atoms with Crippen LogP contribution in [0.4, 0.5) is 5.69 Å². The summed E-state index contributed by atoms with van der Waals surface area (Å²) in [6.45, 7) is 2.11. The molecule has 84 valence electrons. The number of nitrogens with one attached hydrogen (secondary N) is 2. The van der Waals surface area contributed by atoms with Crippen LogP contribution in [0.25, 0.3) is 0 Å². The normalized spacial score (nSPS) is 12.3. The van der Waals surface area contributed by atoms with Crippen LogP contribution in [-0.2, 0) is 6.42 Å². The van der Waals surface area contributed by atoms with Gasteiger partial charge in [-0.1, -0.05) is 12.1 Å². The Morgan fingerprint density at radius 2 is 2.12 bits per heavy atom. The van der Waals surface area contributed by atoms with Crippen molar-refractivity contribution in [2.24, 2.45) is 0 Å². The van der Waals surface area contributed by atoms with E-state index >= 15 is 0 Å². The molecule has 2 aromatic rings. The highest BCUT2D eigenvalue weighted by atomic mass is 16.3. The second-order valence-corrected chi connectivity index (χ2v) is 3.90. The van der Waals surface area contributed by atoms with Gasteiger partial charge in [-0.15, -0.1) is 0 Å². The van der Waals surface area contributed by atoms with Crippen LogP contribution in [0.15, 0.2) is 36.7 Å². The predicted molar refractivity (Wildman–Crippen MR) is 63.5 cm³/mol. The minimum absolute atomic E-state index is 0.305. The zero-order chi connectivity index (χ0) is 11.4. The van der Waals surface area contributed by atoms with Crippen LogP contribution in [0, 0.1) is 0 Å². The van der Waals surface area contributed by atoms with Gasteiger partial charge in [0.2, 0.25) is 0 Å². The molecule has 0 saturated heterocycles. The number of H-pyrrole nitrogens is 1. The van der Waals surface area contributed by atoms with Gasteiger partial charge in [-0.25, -0.2) is 0 Å². The van der Waals surface area contributed by atoms with E-state index in [1.54, 1.807) is 18.3 Å². The molecular formula is C12H15N3O. The van der Waals surface area contributed by atoms with Crippen molar-refractivity contribution in [3.63, 3.8) is 0 Å². The molecule has 4 nitrogen and oxygen atoms in total. The lowest BCUT2D eigenvalue weighted by atomic mass is 10.1. The molecule has 0 spiro atoms. The van der Waals surface area contributed by atoms with Crippen LogP contribution in [0.5, 0.6) is 5.75 Å². The maximum Gasteiger partial charge on any atom is 0.115 e. The molecule has 1 unspecified atom stereocenters. The third-order valence-electron chi connectivity index (χ3n) is 2.39. The Morgan fingerprint density at radius 1 is 1.38 bits per heavy atom. The van der Waals surface area contributed by atoms with E-state index in [-0.39, 0.29) is 0 Å². The molecule has 1 aromatic heterocycles. The quantitative estimate of drug-likeness (QED) is 0.735. The third kappa shape index (κ3) is 2.76. The minimum Gasteiger partial charge on any atom is -0.508 e. The van der Waals surface area contributed by atoms with Crippen molar-refractivity contribution < 1.29 is 5.11 Å². The number of phenols is 1. The molecule has 2 rings (SSSR count). The molecule has 0 bridgehead atoms. The standard InChI is InChI=1S/C12H15N3O/c1-9(15-11-7-13-14-8-11)6-10-2-4-12(16)5-3-10/h2-5,7-9,15-16H,6H2,1H3,(H,13,14). The van der Waals surface area contributed by atoms with Crippen LogP contribution in [0.1, 0.15) is 12.5 Å². The fourth-order valence-electron chi connectivity index (χ4n) is 1.65. The van der Waals surface area contributed by atoms with Gasteiger partial charge in [-0.05, 0) is 31.0 Å². The SMILES string of the molecule is CC(Cc1ccc(O)cc1)Nc1cn[nH]c1. The first kappa shape index (κ1) is 10.5. The molecule has 0 aliphatic heterocycles. The highest BCUT2D eigenvalue weighted by Crippen LogP contribution is 2.13. The molecule has 0 fully saturated rings. The lowest BCUT2D eigenvalue weighted by Crippen LogP contribution is -2.17. The number of rotatable bonds is 4. The van der Waals surface area contributed by atoms with Crippen molar-refractivity contribution in [1.29, 1.82) is 0 Å². The predicted octanol–water partition coefficient (Wildman–Crippen LogP) is 2.16. The van der Waals surface area contributed by atoms with Gasteiger partial charge in [-0.2, -0.15) is 5.10 Å². The van der Waals surface area contributed by atoms with Crippen molar-refractivity contribution in [3.8, 4) is 5.75 Å². The Balaban J connectivity index is 1.92. The van der Waals surface area contributed by atoms with E-state index in [2.05, 4.69) is 22.4 Å². The average Bonchev–Trinajstić information content (AvgIpc) is 2.74. The van der Waals surface area contributed by atoms with E-state index in [1.807, 2.05) is 18.3 Å². The molecule has 1 atom stereocenters. The number of phenolic OH excluding ortho intramolecular Hbond substituents is 1. The van der Waals surface area contributed by atoms with E-state index in [9.17, 15) is 5.11 Å². The van der Waals surface area contributed by atoms with Gasteiger partial charge < -0.3 is 10.4 Å². The van der Waals surface area contributed by atoms with Crippen molar-refractivity contribution >= 4 is 5.69 Å². The van der Waals surface area contributed by atoms with E-state index in [0.717, 1.165) is 12.1 Å². The Hall–Kier alpha value is -1.97. The number of benzene rings is 1. The summed E-state index contributed by atoms with van der Waals surface area (Å²) >= 11 is 0. The summed E-state index contributed by atoms with van der Waals surface area (Å²) in [5.41, 5.74) is 2.19. The van der Waals surface area contributed by atoms with Crippen molar-refractivity contribution in [2.75, 3.05) is 5.32 Å². The van der Waals surface area contributed by atoms with Gasteiger partial charge >= 0.3 is 0 Å². The average molecular weight is 217 g/mol. The summed E-state index contributed by atoms with van der Waals surface area (Å²) in [6.07, 6.45) is 4.49. The number of aromatic nitrogens is 2. The number of aromatic amines is 1. The molecular weight excluding hydrogens is 202 g/mol. The molecule has 0 radical (unpaired) electrons.